The van der Waals surface area contributed by atoms with E-state index in [1.165, 1.54) is 0 Å². The first-order chi connectivity index (χ1) is 14.1. The number of para-hydroxylation sites is 2. The molecule has 1 atom stereocenters. The number of hydrogen-bond donors (Lipinski definition) is 2. The van der Waals surface area contributed by atoms with Gasteiger partial charge in [0.1, 0.15) is 11.6 Å². The molecular weight excluding hydrogens is 368 g/mol. The van der Waals surface area contributed by atoms with Gasteiger partial charge in [-0.25, -0.2) is 4.98 Å². The van der Waals surface area contributed by atoms with Crippen molar-refractivity contribution in [3.05, 3.63) is 66.6 Å². The fourth-order valence-corrected chi connectivity index (χ4v) is 3.32. The van der Waals surface area contributed by atoms with E-state index in [0.29, 0.717) is 23.8 Å². The predicted octanol–water partition coefficient (Wildman–Crippen LogP) is 3.07. The molecule has 0 bridgehead atoms. The molecule has 1 aliphatic heterocycles. The highest BCUT2D eigenvalue weighted by Gasteiger charge is 2.25. The number of amides is 2. The molecule has 148 valence electrons. The topological polar surface area (TPSA) is 87.3 Å². The van der Waals surface area contributed by atoms with E-state index in [2.05, 4.69) is 15.3 Å². The van der Waals surface area contributed by atoms with E-state index in [9.17, 15) is 9.59 Å². The fraction of sp³-hybridized carbons (Fsp3) is 0.227. The van der Waals surface area contributed by atoms with Crippen molar-refractivity contribution >= 4 is 17.5 Å². The van der Waals surface area contributed by atoms with E-state index in [-0.39, 0.29) is 30.9 Å². The summed E-state index contributed by atoms with van der Waals surface area (Å²) in [6, 6.07) is 17.0. The third-order valence-corrected chi connectivity index (χ3v) is 4.84. The van der Waals surface area contributed by atoms with Crippen LogP contribution in [0.1, 0.15) is 25.2 Å². The summed E-state index contributed by atoms with van der Waals surface area (Å²) >= 11 is 0. The zero-order valence-corrected chi connectivity index (χ0v) is 16.1. The quantitative estimate of drug-likeness (QED) is 0.677. The average Bonchev–Trinajstić information content (AvgIpc) is 3.24. The van der Waals surface area contributed by atoms with Crippen molar-refractivity contribution in [2.45, 2.75) is 19.4 Å². The van der Waals surface area contributed by atoms with Crippen molar-refractivity contribution in [2.75, 3.05) is 18.1 Å². The molecule has 2 N–H and O–H groups in total. The van der Waals surface area contributed by atoms with Gasteiger partial charge in [-0.3, -0.25) is 9.59 Å². The van der Waals surface area contributed by atoms with Crippen LogP contribution < -0.4 is 15.0 Å². The number of aromatic nitrogens is 2. The van der Waals surface area contributed by atoms with Gasteiger partial charge in [0.2, 0.25) is 5.91 Å². The van der Waals surface area contributed by atoms with Crippen molar-refractivity contribution in [3.63, 3.8) is 0 Å². The van der Waals surface area contributed by atoms with Crippen molar-refractivity contribution in [1.82, 2.24) is 15.3 Å². The molecule has 0 saturated carbocycles. The number of carbonyl (C=O) groups excluding carboxylic acids is 2. The van der Waals surface area contributed by atoms with Crippen LogP contribution in [0.2, 0.25) is 0 Å². The van der Waals surface area contributed by atoms with Crippen molar-refractivity contribution in [2.24, 2.45) is 0 Å². The molecule has 0 radical (unpaired) electrons. The second kappa shape index (κ2) is 8.18. The van der Waals surface area contributed by atoms with Gasteiger partial charge in [-0.05, 0) is 24.6 Å². The first-order valence-corrected chi connectivity index (χ1v) is 9.53. The SMILES string of the molecule is CC(NC(=O)CCN1C(=O)COc2ccccc21)c1ncc(-c2ccccc2)[nH]1. The third-order valence-electron chi connectivity index (χ3n) is 4.84. The first-order valence-electron chi connectivity index (χ1n) is 9.53. The van der Waals surface area contributed by atoms with Gasteiger partial charge < -0.3 is 19.9 Å². The van der Waals surface area contributed by atoms with Gasteiger partial charge in [0.05, 0.1) is 23.6 Å². The second-order valence-electron chi connectivity index (χ2n) is 6.89. The van der Waals surface area contributed by atoms with Crippen LogP contribution in [0.15, 0.2) is 60.8 Å². The Kier molecular flexibility index (Phi) is 5.29. The smallest absolute Gasteiger partial charge is 0.265 e. The summed E-state index contributed by atoms with van der Waals surface area (Å²) in [5.74, 6) is 1.05. The molecule has 3 aromatic rings. The Labute approximate surface area is 168 Å². The van der Waals surface area contributed by atoms with Crippen LogP contribution in [0, 0.1) is 0 Å². The Hall–Kier alpha value is -3.61. The zero-order valence-electron chi connectivity index (χ0n) is 16.1. The molecule has 7 nitrogen and oxygen atoms in total. The Balaban J connectivity index is 1.36. The highest BCUT2D eigenvalue weighted by atomic mass is 16.5. The number of rotatable bonds is 6. The largest absolute Gasteiger partial charge is 0.482 e. The number of nitrogens with zero attached hydrogens (tertiary/aromatic N) is 2. The number of fused-ring (bicyclic) bond motifs is 1. The number of imidazole rings is 1. The van der Waals surface area contributed by atoms with E-state index in [1.54, 1.807) is 11.1 Å². The van der Waals surface area contributed by atoms with Crippen LogP contribution in [-0.4, -0.2) is 34.9 Å². The van der Waals surface area contributed by atoms with Gasteiger partial charge in [-0.15, -0.1) is 0 Å². The van der Waals surface area contributed by atoms with Crippen molar-refractivity contribution in [3.8, 4) is 17.0 Å². The second-order valence-corrected chi connectivity index (χ2v) is 6.89. The minimum Gasteiger partial charge on any atom is -0.482 e. The molecule has 0 saturated heterocycles. The first kappa shape index (κ1) is 18.7. The average molecular weight is 390 g/mol. The molecule has 7 heteroatoms. The minimum atomic E-state index is -0.271. The summed E-state index contributed by atoms with van der Waals surface area (Å²) in [5, 5.41) is 2.94. The number of nitrogens with one attached hydrogen (secondary N) is 2. The molecule has 4 rings (SSSR count). The summed E-state index contributed by atoms with van der Waals surface area (Å²) in [6.07, 6.45) is 1.95. The lowest BCUT2D eigenvalue weighted by atomic mass is 10.2. The van der Waals surface area contributed by atoms with Crippen LogP contribution in [0.25, 0.3) is 11.3 Å². The highest BCUT2D eigenvalue weighted by Crippen LogP contribution is 2.31. The number of anilines is 1. The van der Waals surface area contributed by atoms with E-state index in [0.717, 1.165) is 11.3 Å². The van der Waals surface area contributed by atoms with Crippen molar-refractivity contribution < 1.29 is 14.3 Å². The summed E-state index contributed by atoms with van der Waals surface area (Å²) < 4.78 is 5.43. The summed E-state index contributed by atoms with van der Waals surface area (Å²) in [4.78, 5) is 33.9. The number of carbonyl (C=O) groups is 2. The number of hydrogen-bond acceptors (Lipinski definition) is 4. The molecular formula is C22H22N4O3. The van der Waals surface area contributed by atoms with Crippen LogP contribution in [0.5, 0.6) is 5.75 Å². The summed E-state index contributed by atoms with van der Waals surface area (Å²) in [7, 11) is 0. The summed E-state index contributed by atoms with van der Waals surface area (Å²) in [5.41, 5.74) is 2.63. The molecule has 2 aromatic carbocycles. The standard InChI is InChI=1S/C22H22N4O3/c1-15(22-23-13-17(25-22)16-7-3-2-4-8-16)24-20(27)11-12-26-18-9-5-6-10-19(18)29-14-21(26)28/h2-10,13,15H,11-12,14H2,1H3,(H,23,25)(H,24,27). The minimum absolute atomic E-state index is 0.0102. The Morgan fingerprint density at radius 2 is 1.97 bits per heavy atom. The van der Waals surface area contributed by atoms with Gasteiger partial charge in [-0.1, -0.05) is 42.5 Å². The lowest BCUT2D eigenvalue weighted by Gasteiger charge is -2.29. The van der Waals surface area contributed by atoms with Crippen LogP contribution in [-0.2, 0) is 9.59 Å². The Bertz CT molecular complexity index is 1020. The third kappa shape index (κ3) is 4.13. The monoisotopic (exact) mass is 390 g/mol. The van der Waals surface area contributed by atoms with Crippen LogP contribution in [0.3, 0.4) is 0 Å². The maximum absolute atomic E-state index is 12.4. The molecule has 29 heavy (non-hydrogen) atoms. The molecule has 1 aromatic heterocycles. The molecule has 0 spiro atoms. The fourth-order valence-electron chi connectivity index (χ4n) is 3.32. The van der Waals surface area contributed by atoms with E-state index in [1.807, 2.05) is 61.5 Å². The number of benzene rings is 2. The Morgan fingerprint density at radius 3 is 2.79 bits per heavy atom. The molecule has 0 fully saturated rings. The normalized spacial score (nSPS) is 14.1. The van der Waals surface area contributed by atoms with Gasteiger partial charge in [0.25, 0.3) is 5.91 Å². The summed E-state index contributed by atoms with van der Waals surface area (Å²) in [6.45, 7) is 2.16. The lowest BCUT2D eigenvalue weighted by molar-refractivity contribution is -0.122. The molecule has 2 amide bonds. The van der Waals surface area contributed by atoms with Crippen molar-refractivity contribution in [1.29, 1.82) is 0 Å². The zero-order chi connectivity index (χ0) is 20.2. The lowest BCUT2D eigenvalue weighted by Crippen LogP contribution is -2.41. The molecule has 1 unspecified atom stereocenters. The van der Waals surface area contributed by atoms with Gasteiger partial charge in [-0.2, -0.15) is 0 Å². The Morgan fingerprint density at radius 1 is 1.21 bits per heavy atom. The highest BCUT2D eigenvalue weighted by molar-refractivity contribution is 5.98. The maximum atomic E-state index is 12.4. The van der Waals surface area contributed by atoms with E-state index in [4.69, 9.17) is 4.74 Å². The number of H-pyrrole nitrogens is 1. The molecule has 1 aliphatic rings. The van der Waals surface area contributed by atoms with Gasteiger partial charge >= 0.3 is 0 Å². The molecule has 0 aliphatic carbocycles. The van der Waals surface area contributed by atoms with Crippen LogP contribution >= 0.6 is 0 Å². The predicted molar refractivity (Wildman–Crippen MR) is 109 cm³/mol. The number of ether oxygens (including phenoxy) is 1. The van der Waals surface area contributed by atoms with E-state index >= 15 is 0 Å². The van der Waals surface area contributed by atoms with Gasteiger partial charge in [0, 0.05) is 13.0 Å². The van der Waals surface area contributed by atoms with Crippen LogP contribution in [0.4, 0.5) is 5.69 Å². The molecule has 2 heterocycles. The maximum Gasteiger partial charge on any atom is 0.265 e. The number of aromatic amines is 1. The van der Waals surface area contributed by atoms with Gasteiger partial charge in [0.15, 0.2) is 6.61 Å². The van der Waals surface area contributed by atoms with E-state index < -0.39 is 0 Å².